The lowest BCUT2D eigenvalue weighted by molar-refractivity contribution is -0.360. The van der Waals surface area contributed by atoms with E-state index in [1.807, 2.05) is 0 Å². The summed E-state index contributed by atoms with van der Waals surface area (Å²) in [6.45, 7) is 24.9. The summed E-state index contributed by atoms with van der Waals surface area (Å²) in [5, 5.41) is 10.9. The highest BCUT2D eigenvalue weighted by molar-refractivity contribution is 4.95. The third-order valence-electron chi connectivity index (χ3n) is 11.2. The highest BCUT2D eigenvalue weighted by atomic mass is 16.7. The fraction of sp³-hybridized carbons (Fsp3) is 1.00. The van der Waals surface area contributed by atoms with Gasteiger partial charge in [-0.05, 0) is 36.5 Å². The van der Waals surface area contributed by atoms with Gasteiger partial charge in [0, 0.05) is 24.2 Å². The van der Waals surface area contributed by atoms with E-state index in [0.717, 1.165) is 12.8 Å². The highest BCUT2D eigenvalue weighted by Crippen LogP contribution is 2.44. The predicted octanol–water partition coefficient (Wildman–Crippen LogP) is 5.99. The van der Waals surface area contributed by atoms with Crippen LogP contribution in [0.1, 0.15) is 95.4 Å². The summed E-state index contributed by atoms with van der Waals surface area (Å²) in [5.74, 6) is 1.01. The first-order valence-electron chi connectivity index (χ1n) is 16.5. The minimum absolute atomic E-state index is 0.0146. The van der Waals surface area contributed by atoms with Gasteiger partial charge < -0.3 is 38.3 Å². The Bertz CT molecular complexity index is 817. The number of rotatable bonds is 9. The molecule has 4 aliphatic heterocycles. The van der Waals surface area contributed by atoms with Crippen molar-refractivity contribution in [2.24, 2.45) is 47.3 Å². The van der Waals surface area contributed by atoms with E-state index in [1.165, 1.54) is 0 Å². The largest absolute Gasteiger partial charge is 0.366 e. The molecule has 4 fully saturated rings. The number of aliphatic hydroxyl groups is 1. The van der Waals surface area contributed by atoms with E-state index in [9.17, 15) is 5.11 Å². The second kappa shape index (κ2) is 13.8. The number of hydrogen-bond acceptors (Lipinski definition) is 8. The lowest BCUT2D eigenvalue weighted by Crippen LogP contribution is -2.60. The minimum atomic E-state index is -1.25. The van der Waals surface area contributed by atoms with Gasteiger partial charge in [0.05, 0.1) is 31.0 Å². The molecular weight excluding hydrogens is 524 g/mol. The topological polar surface area (TPSA) is 84.8 Å². The molecule has 41 heavy (non-hydrogen) atoms. The summed E-state index contributed by atoms with van der Waals surface area (Å²) in [4.78, 5) is 0. The fourth-order valence-electron chi connectivity index (χ4n) is 7.77. The molecule has 0 saturated carbocycles. The van der Waals surface area contributed by atoms with Gasteiger partial charge in [-0.25, -0.2) is 0 Å². The lowest BCUT2D eigenvalue weighted by Gasteiger charge is -2.52. The Balaban J connectivity index is 1.58. The molecule has 4 aliphatic rings. The second-order valence-electron chi connectivity index (χ2n) is 14.3. The van der Waals surface area contributed by atoms with Crippen molar-refractivity contribution in [1.29, 1.82) is 0 Å². The second-order valence-corrected chi connectivity index (χ2v) is 14.3. The van der Waals surface area contributed by atoms with Crippen LogP contribution >= 0.6 is 0 Å². The molecule has 4 heterocycles. The summed E-state index contributed by atoms with van der Waals surface area (Å²) < 4.78 is 45.1. The van der Waals surface area contributed by atoms with E-state index in [0.29, 0.717) is 36.7 Å². The average Bonchev–Trinajstić information content (AvgIpc) is 3.47. The van der Waals surface area contributed by atoms with E-state index in [4.69, 9.17) is 33.2 Å². The van der Waals surface area contributed by atoms with Crippen LogP contribution in [0.4, 0.5) is 0 Å². The van der Waals surface area contributed by atoms with Gasteiger partial charge in [-0.15, -0.1) is 0 Å². The first-order valence-corrected chi connectivity index (χ1v) is 16.5. The van der Waals surface area contributed by atoms with E-state index in [2.05, 4.69) is 69.2 Å². The molecule has 8 nitrogen and oxygen atoms in total. The van der Waals surface area contributed by atoms with Crippen LogP contribution in [-0.4, -0.2) is 73.5 Å². The highest BCUT2D eigenvalue weighted by Gasteiger charge is 2.52. The van der Waals surface area contributed by atoms with Crippen molar-refractivity contribution >= 4 is 0 Å². The van der Waals surface area contributed by atoms with Gasteiger partial charge in [-0.1, -0.05) is 82.1 Å². The maximum atomic E-state index is 10.9. The standard InChI is InChI=1S/C33H60O8/c1-12-17(3)26-21(7)20(6)22(8)31(37-26)40-29-23(9)27(18(4)13-2)38-32(24(29)10)39-28-19(5)14-33(11,34)41-30(28)25-15-35-16-36-25/h17-32,34H,12-16H2,1-11H3/t17-,18-,19+,20?,21-,22?,23+,24?,25+,26?,27?,28+,29-,30?,31+,32+,33-/m0/s1. The van der Waals surface area contributed by atoms with Crippen molar-refractivity contribution in [1.82, 2.24) is 0 Å². The summed E-state index contributed by atoms with van der Waals surface area (Å²) in [6.07, 6.45) is 0.794. The Morgan fingerprint density at radius 3 is 1.90 bits per heavy atom. The first kappa shape index (κ1) is 33.6. The Morgan fingerprint density at radius 1 is 0.780 bits per heavy atom. The van der Waals surface area contributed by atoms with E-state index >= 15 is 0 Å². The maximum absolute atomic E-state index is 10.9. The van der Waals surface area contributed by atoms with Crippen molar-refractivity contribution in [3.8, 4) is 0 Å². The van der Waals surface area contributed by atoms with Gasteiger partial charge in [0.1, 0.15) is 19.0 Å². The quantitative estimate of drug-likeness (QED) is 0.354. The van der Waals surface area contributed by atoms with Crippen molar-refractivity contribution < 1.29 is 38.3 Å². The van der Waals surface area contributed by atoms with E-state index < -0.39 is 18.2 Å². The molecule has 8 heteroatoms. The normalized spacial score (nSPS) is 50.9. The molecule has 1 N–H and O–H groups in total. The molecule has 0 spiro atoms. The van der Waals surface area contributed by atoms with Crippen LogP contribution in [0.3, 0.4) is 0 Å². The third kappa shape index (κ3) is 7.16. The van der Waals surface area contributed by atoms with Crippen LogP contribution in [0.15, 0.2) is 0 Å². The van der Waals surface area contributed by atoms with Crippen LogP contribution in [0.25, 0.3) is 0 Å². The summed E-state index contributed by atoms with van der Waals surface area (Å²) in [5.41, 5.74) is 0. The maximum Gasteiger partial charge on any atom is 0.163 e. The van der Waals surface area contributed by atoms with Crippen molar-refractivity contribution in [3.05, 3.63) is 0 Å². The van der Waals surface area contributed by atoms with Crippen LogP contribution < -0.4 is 0 Å². The molecule has 0 aromatic rings. The van der Waals surface area contributed by atoms with Crippen LogP contribution in [0.2, 0.25) is 0 Å². The average molecular weight is 585 g/mol. The van der Waals surface area contributed by atoms with Gasteiger partial charge in [-0.2, -0.15) is 0 Å². The summed E-state index contributed by atoms with van der Waals surface area (Å²) in [7, 11) is 0. The summed E-state index contributed by atoms with van der Waals surface area (Å²) in [6, 6.07) is 0. The van der Waals surface area contributed by atoms with Crippen molar-refractivity contribution in [2.45, 2.75) is 150 Å². The minimum Gasteiger partial charge on any atom is -0.366 e. The van der Waals surface area contributed by atoms with Gasteiger partial charge in [0.2, 0.25) is 0 Å². The first-order chi connectivity index (χ1) is 19.3. The van der Waals surface area contributed by atoms with Crippen molar-refractivity contribution in [2.75, 3.05) is 13.4 Å². The van der Waals surface area contributed by atoms with Gasteiger partial charge in [0.25, 0.3) is 0 Å². The molecular formula is C33H60O8. The summed E-state index contributed by atoms with van der Waals surface area (Å²) >= 11 is 0. The Hall–Kier alpha value is -0.320. The molecule has 240 valence electrons. The molecule has 0 aromatic carbocycles. The zero-order valence-electron chi connectivity index (χ0n) is 27.6. The van der Waals surface area contributed by atoms with Gasteiger partial charge in [-0.3, -0.25) is 0 Å². The predicted molar refractivity (Wildman–Crippen MR) is 157 cm³/mol. The number of hydrogen-bond donors (Lipinski definition) is 1. The monoisotopic (exact) mass is 584 g/mol. The zero-order valence-corrected chi connectivity index (χ0v) is 27.6. The molecule has 0 aliphatic carbocycles. The SMILES string of the molecule is CC[C@H](C)C1O[C@H](O[C@@H]2C(C)[C@@H](O[C@H]3C([C@H]4COCO4)O[C@](C)(O)C[C@H]3C)OC([C@@H](C)CC)[C@H]2C)C(C)C(C)[C@@H]1C. The smallest absolute Gasteiger partial charge is 0.163 e. The molecule has 0 amide bonds. The molecule has 4 saturated heterocycles. The molecule has 0 radical (unpaired) electrons. The molecule has 0 aromatic heterocycles. The van der Waals surface area contributed by atoms with Crippen molar-refractivity contribution in [3.63, 3.8) is 0 Å². The molecule has 6 unspecified atom stereocenters. The molecule has 17 atom stereocenters. The van der Waals surface area contributed by atoms with E-state index in [-0.39, 0.29) is 67.3 Å². The van der Waals surface area contributed by atoms with Gasteiger partial charge in [0.15, 0.2) is 18.4 Å². The van der Waals surface area contributed by atoms with Crippen LogP contribution in [-0.2, 0) is 33.2 Å². The lowest BCUT2D eigenvalue weighted by atomic mass is 9.75. The van der Waals surface area contributed by atoms with Gasteiger partial charge >= 0.3 is 0 Å². The fourth-order valence-corrected chi connectivity index (χ4v) is 7.77. The Labute approximate surface area is 249 Å². The van der Waals surface area contributed by atoms with Crippen LogP contribution in [0, 0.1) is 47.3 Å². The van der Waals surface area contributed by atoms with E-state index in [1.54, 1.807) is 6.92 Å². The molecule has 0 bridgehead atoms. The number of ether oxygens (including phenoxy) is 7. The molecule has 4 rings (SSSR count). The van der Waals surface area contributed by atoms with Crippen LogP contribution in [0.5, 0.6) is 0 Å². The Kier molecular flexibility index (Phi) is 11.3. The Morgan fingerprint density at radius 2 is 1.34 bits per heavy atom. The zero-order chi connectivity index (χ0) is 30.2. The third-order valence-corrected chi connectivity index (χ3v) is 11.2.